The SMILES string of the molecule is Cc1ccc(C)c(CC(=O)Nc2cnc(Br)c(C)c2)c1. The first-order chi connectivity index (χ1) is 9.45. The minimum atomic E-state index is -0.0257. The number of nitrogens with one attached hydrogen (secondary N) is 1. The van der Waals surface area contributed by atoms with E-state index in [2.05, 4.69) is 38.4 Å². The summed E-state index contributed by atoms with van der Waals surface area (Å²) in [4.78, 5) is 16.3. The zero-order chi connectivity index (χ0) is 14.7. The Balaban J connectivity index is 2.09. The Morgan fingerprint density at radius 3 is 2.65 bits per heavy atom. The van der Waals surface area contributed by atoms with Gasteiger partial charge in [-0.15, -0.1) is 0 Å². The molecule has 0 saturated carbocycles. The molecule has 0 fully saturated rings. The van der Waals surface area contributed by atoms with E-state index in [1.807, 2.05) is 32.9 Å². The van der Waals surface area contributed by atoms with Gasteiger partial charge >= 0.3 is 0 Å². The minimum Gasteiger partial charge on any atom is -0.324 e. The van der Waals surface area contributed by atoms with Crippen LogP contribution in [0.5, 0.6) is 0 Å². The van der Waals surface area contributed by atoms with E-state index in [4.69, 9.17) is 0 Å². The van der Waals surface area contributed by atoms with Gasteiger partial charge in [-0.3, -0.25) is 4.79 Å². The molecular formula is C16H17BrN2O. The van der Waals surface area contributed by atoms with Crippen molar-refractivity contribution < 1.29 is 4.79 Å². The summed E-state index contributed by atoms with van der Waals surface area (Å²) in [5, 5.41) is 2.88. The number of amides is 1. The van der Waals surface area contributed by atoms with Gasteiger partial charge in [0, 0.05) is 0 Å². The predicted molar refractivity (Wildman–Crippen MR) is 84.9 cm³/mol. The van der Waals surface area contributed by atoms with Crippen molar-refractivity contribution in [2.45, 2.75) is 27.2 Å². The number of hydrogen-bond donors (Lipinski definition) is 1. The molecule has 0 spiro atoms. The first kappa shape index (κ1) is 14.7. The number of nitrogens with zero attached hydrogens (tertiary/aromatic N) is 1. The average Bonchev–Trinajstić information content (AvgIpc) is 2.38. The third-order valence-electron chi connectivity index (χ3n) is 3.15. The van der Waals surface area contributed by atoms with Crippen LogP contribution in [0.4, 0.5) is 5.69 Å². The van der Waals surface area contributed by atoms with Crippen molar-refractivity contribution in [1.82, 2.24) is 4.98 Å². The summed E-state index contributed by atoms with van der Waals surface area (Å²) < 4.78 is 0.796. The van der Waals surface area contributed by atoms with Crippen LogP contribution >= 0.6 is 15.9 Å². The molecule has 0 radical (unpaired) electrons. The third-order valence-corrected chi connectivity index (χ3v) is 3.98. The predicted octanol–water partition coefficient (Wildman–Crippen LogP) is 3.95. The first-order valence-electron chi connectivity index (χ1n) is 6.44. The Labute approximate surface area is 127 Å². The lowest BCUT2D eigenvalue weighted by Gasteiger charge is -2.09. The molecule has 0 aliphatic heterocycles. The Kier molecular flexibility index (Phi) is 4.55. The van der Waals surface area contributed by atoms with Crippen LogP contribution in [0.1, 0.15) is 22.3 Å². The van der Waals surface area contributed by atoms with Gasteiger partial charge in [-0.1, -0.05) is 23.8 Å². The van der Waals surface area contributed by atoms with Gasteiger partial charge in [-0.2, -0.15) is 0 Å². The lowest BCUT2D eigenvalue weighted by atomic mass is 10.0. The average molecular weight is 333 g/mol. The van der Waals surface area contributed by atoms with Crippen molar-refractivity contribution in [3.8, 4) is 0 Å². The standard InChI is InChI=1S/C16H17BrN2O/c1-10-4-5-11(2)13(6-10)8-15(20)19-14-7-12(3)16(17)18-9-14/h4-7,9H,8H2,1-3H3,(H,19,20). The molecule has 104 valence electrons. The smallest absolute Gasteiger partial charge is 0.228 e. The van der Waals surface area contributed by atoms with Gasteiger partial charge in [0.05, 0.1) is 18.3 Å². The van der Waals surface area contributed by atoms with Crippen LogP contribution in [0.15, 0.2) is 35.1 Å². The summed E-state index contributed by atoms with van der Waals surface area (Å²) in [6, 6.07) is 8.06. The molecule has 1 heterocycles. The molecule has 20 heavy (non-hydrogen) atoms. The van der Waals surface area contributed by atoms with Crippen molar-refractivity contribution in [2.75, 3.05) is 5.32 Å². The topological polar surface area (TPSA) is 42.0 Å². The largest absolute Gasteiger partial charge is 0.324 e. The van der Waals surface area contributed by atoms with Crippen LogP contribution in [-0.4, -0.2) is 10.9 Å². The first-order valence-corrected chi connectivity index (χ1v) is 7.23. The lowest BCUT2D eigenvalue weighted by Crippen LogP contribution is -2.15. The van der Waals surface area contributed by atoms with E-state index in [-0.39, 0.29) is 5.91 Å². The second-order valence-corrected chi connectivity index (χ2v) is 5.74. The van der Waals surface area contributed by atoms with Gasteiger partial charge < -0.3 is 5.32 Å². The van der Waals surface area contributed by atoms with Gasteiger partial charge in [0.2, 0.25) is 5.91 Å². The lowest BCUT2D eigenvalue weighted by molar-refractivity contribution is -0.115. The Bertz CT molecular complexity index is 653. The summed E-state index contributed by atoms with van der Waals surface area (Å²) in [7, 11) is 0. The maximum absolute atomic E-state index is 12.1. The summed E-state index contributed by atoms with van der Waals surface area (Å²) in [6.07, 6.45) is 2.03. The highest BCUT2D eigenvalue weighted by molar-refractivity contribution is 9.10. The second kappa shape index (κ2) is 6.18. The van der Waals surface area contributed by atoms with E-state index >= 15 is 0 Å². The monoisotopic (exact) mass is 332 g/mol. The maximum atomic E-state index is 12.1. The highest BCUT2D eigenvalue weighted by Gasteiger charge is 2.08. The van der Waals surface area contributed by atoms with Crippen molar-refractivity contribution >= 4 is 27.5 Å². The molecule has 0 bridgehead atoms. The highest BCUT2D eigenvalue weighted by atomic mass is 79.9. The second-order valence-electron chi connectivity index (χ2n) is 4.99. The Hall–Kier alpha value is -1.68. The normalized spacial score (nSPS) is 10.4. The Morgan fingerprint density at radius 2 is 1.95 bits per heavy atom. The molecule has 2 rings (SSSR count). The molecule has 0 saturated heterocycles. The quantitative estimate of drug-likeness (QED) is 0.864. The molecule has 0 aliphatic carbocycles. The van der Waals surface area contributed by atoms with Gasteiger partial charge in [0.25, 0.3) is 0 Å². The molecule has 4 heteroatoms. The van der Waals surface area contributed by atoms with Gasteiger partial charge in [-0.25, -0.2) is 4.98 Å². The van der Waals surface area contributed by atoms with Gasteiger partial charge in [0.1, 0.15) is 4.60 Å². The van der Waals surface area contributed by atoms with E-state index in [9.17, 15) is 4.79 Å². The molecular weight excluding hydrogens is 316 g/mol. The summed E-state index contributed by atoms with van der Waals surface area (Å²) in [6.45, 7) is 5.99. The molecule has 0 aliphatic rings. The van der Waals surface area contributed by atoms with Crippen molar-refractivity contribution in [1.29, 1.82) is 0 Å². The fourth-order valence-corrected chi connectivity index (χ4v) is 2.21. The van der Waals surface area contributed by atoms with E-state index in [0.717, 1.165) is 27.0 Å². The number of halogens is 1. The molecule has 0 unspecified atom stereocenters. The number of aromatic nitrogens is 1. The number of carbonyl (C=O) groups excluding carboxylic acids is 1. The van der Waals surface area contributed by atoms with E-state index in [0.29, 0.717) is 6.42 Å². The molecule has 3 nitrogen and oxygen atoms in total. The number of carbonyl (C=O) groups is 1. The molecule has 1 amide bonds. The fraction of sp³-hybridized carbons (Fsp3) is 0.250. The number of pyridine rings is 1. The number of aryl methyl sites for hydroxylation is 3. The van der Waals surface area contributed by atoms with Gasteiger partial charge in [0.15, 0.2) is 0 Å². The maximum Gasteiger partial charge on any atom is 0.228 e. The number of rotatable bonds is 3. The number of benzene rings is 1. The molecule has 1 N–H and O–H groups in total. The van der Waals surface area contributed by atoms with Crippen LogP contribution < -0.4 is 5.32 Å². The van der Waals surface area contributed by atoms with Crippen molar-refractivity contribution in [2.24, 2.45) is 0 Å². The van der Waals surface area contributed by atoms with E-state index in [1.165, 1.54) is 5.56 Å². The van der Waals surface area contributed by atoms with Gasteiger partial charge in [-0.05, 0) is 59.5 Å². The van der Waals surface area contributed by atoms with Crippen LogP contribution in [0.25, 0.3) is 0 Å². The van der Waals surface area contributed by atoms with Crippen LogP contribution in [0.3, 0.4) is 0 Å². The minimum absolute atomic E-state index is 0.0257. The highest BCUT2D eigenvalue weighted by Crippen LogP contribution is 2.17. The third kappa shape index (κ3) is 3.67. The van der Waals surface area contributed by atoms with Crippen LogP contribution in [0, 0.1) is 20.8 Å². The Morgan fingerprint density at radius 1 is 1.20 bits per heavy atom. The van der Waals surface area contributed by atoms with Crippen molar-refractivity contribution in [3.63, 3.8) is 0 Å². The zero-order valence-corrected chi connectivity index (χ0v) is 13.4. The fourth-order valence-electron chi connectivity index (χ4n) is 2.00. The zero-order valence-electron chi connectivity index (χ0n) is 11.8. The van der Waals surface area contributed by atoms with E-state index in [1.54, 1.807) is 6.20 Å². The van der Waals surface area contributed by atoms with E-state index < -0.39 is 0 Å². The van der Waals surface area contributed by atoms with Crippen LogP contribution in [0.2, 0.25) is 0 Å². The molecule has 1 aromatic heterocycles. The van der Waals surface area contributed by atoms with Crippen molar-refractivity contribution in [3.05, 3.63) is 57.3 Å². The molecule has 0 atom stereocenters. The summed E-state index contributed by atoms with van der Waals surface area (Å²) >= 11 is 3.34. The molecule has 2 aromatic rings. The molecule has 1 aromatic carbocycles. The van der Waals surface area contributed by atoms with Crippen LogP contribution in [-0.2, 0) is 11.2 Å². The summed E-state index contributed by atoms with van der Waals surface area (Å²) in [5.41, 5.74) is 5.08. The summed E-state index contributed by atoms with van der Waals surface area (Å²) in [5.74, 6) is -0.0257. The number of hydrogen-bond acceptors (Lipinski definition) is 2. The number of anilines is 1.